The van der Waals surface area contributed by atoms with Gasteiger partial charge in [0.1, 0.15) is 73.2 Å². The van der Waals surface area contributed by atoms with E-state index in [2.05, 4.69) is 43.5 Å². The summed E-state index contributed by atoms with van der Waals surface area (Å²) in [5.74, 6) is -0.282. The molecule has 90 heavy (non-hydrogen) atoms. The zero-order chi connectivity index (χ0) is 65.4. The largest absolute Gasteiger partial charge is 0.394 e. The van der Waals surface area contributed by atoms with Gasteiger partial charge in [-0.3, -0.25) is 4.79 Å². The first-order valence-electron chi connectivity index (χ1n) is 36.2. The quantitative estimate of drug-likeness (QED) is 0.0199. The van der Waals surface area contributed by atoms with Crippen LogP contribution in [0.5, 0.6) is 0 Å². The lowest BCUT2D eigenvalue weighted by molar-refractivity contribution is -0.379. The van der Waals surface area contributed by atoms with Gasteiger partial charge >= 0.3 is 0 Å². The summed E-state index contributed by atoms with van der Waals surface area (Å²) in [6.45, 7) is 1.74. The summed E-state index contributed by atoms with van der Waals surface area (Å²) in [5, 5.41) is 121. The van der Waals surface area contributed by atoms with Crippen molar-refractivity contribution in [3.8, 4) is 0 Å². The van der Waals surface area contributed by atoms with E-state index in [1.165, 1.54) is 205 Å². The highest BCUT2D eigenvalue weighted by Crippen LogP contribution is 2.33. The third-order valence-corrected chi connectivity index (χ3v) is 18.2. The van der Waals surface area contributed by atoms with Crippen LogP contribution in [0.25, 0.3) is 0 Å². The Bertz CT molecular complexity index is 1780. The molecular formula is C71H131NO18. The van der Waals surface area contributed by atoms with Crippen LogP contribution < -0.4 is 5.32 Å². The molecule has 17 unspecified atom stereocenters. The van der Waals surface area contributed by atoms with Crippen LogP contribution in [0, 0.1) is 0 Å². The van der Waals surface area contributed by atoms with Gasteiger partial charge in [-0.25, -0.2) is 0 Å². The second kappa shape index (κ2) is 53.2. The molecule has 3 fully saturated rings. The number of rotatable bonds is 56. The molecule has 528 valence electrons. The molecule has 1 amide bonds. The smallest absolute Gasteiger partial charge is 0.220 e. The highest BCUT2D eigenvalue weighted by Gasteiger charge is 2.53. The molecule has 19 nitrogen and oxygen atoms in total. The number of amides is 1. The second-order valence-electron chi connectivity index (χ2n) is 26.0. The molecule has 3 heterocycles. The summed E-state index contributed by atoms with van der Waals surface area (Å²) >= 11 is 0. The SMILES string of the molecule is CCCCCCCCCC/C=C\CCCCCCCCCCCCCCCC(=O)NC(COC1OC(CO)C(OC2OC(CO)C(OC3OC(CO)C(O)C(O)C3O)C(O)C2O)C(O)C1O)C(O)/C=C/CC/C=C/CCCCCCCCCCCCCCCC. The molecule has 0 aromatic carbocycles. The van der Waals surface area contributed by atoms with Crippen molar-refractivity contribution in [2.75, 3.05) is 26.4 Å². The Morgan fingerprint density at radius 2 is 0.711 bits per heavy atom. The third kappa shape index (κ3) is 34.6. The number of carbonyl (C=O) groups excluding carboxylic acids is 1. The predicted molar refractivity (Wildman–Crippen MR) is 351 cm³/mol. The van der Waals surface area contributed by atoms with Gasteiger partial charge in [-0.1, -0.05) is 249 Å². The van der Waals surface area contributed by atoms with Crippen molar-refractivity contribution in [3.05, 3.63) is 36.5 Å². The minimum Gasteiger partial charge on any atom is -0.394 e. The van der Waals surface area contributed by atoms with Gasteiger partial charge in [0.05, 0.1) is 38.6 Å². The van der Waals surface area contributed by atoms with Gasteiger partial charge in [-0.05, 0) is 57.8 Å². The Morgan fingerprint density at radius 3 is 1.11 bits per heavy atom. The van der Waals surface area contributed by atoms with E-state index in [4.69, 9.17) is 28.4 Å². The van der Waals surface area contributed by atoms with Crippen LogP contribution in [-0.2, 0) is 33.2 Å². The molecule has 17 atom stereocenters. The third-order valence-electron chi connectivity index (χ3n) is 18.2. The van der Waals surface area contributed by atoms with Crippen molar-refractivity contribution >= 4 is 5.91 Å². The Morgan fingerprint density at radius 1 is 0.389 bits per heavy atom. The molecule has 3 aliphatic heterocycles. The lowest BCUT2D eigenvalue weighted by atomic mass is 9.96. The number of carbonyl (C=O) groups is 1. The lowest BCUT2D eigenvalue weighted by Gasteiger charge is -2.48. The topological polar surface area (TPSA) is 307 Å². The van der Waals surface area contributed by atoms with E-state index in [1.54, 1.807) is 6.08 Å². The summed E-state index contributed by atoms with van der Waals surface area (Å²) in [5.41, 5.74) is 0. The van der Waals surface area contributed by atoms with Crippen LogP contribution >= 0.6 is 0 Å². The number of aliphatic hydroxyl groups is 11. The summed E-state index contributed by atoms with van der Waals surface area (Å²) in [4.78, 5) is 13.4. The fourth-order valence-electron chi connectivity index (χ4n) is 12.3. The van der Waals surface area contributed by atoms with Crippen LogP contribution in [-0.4, -0.2) is 193 Å². The van der Waals surface area contributed by atoms with Crippen LogP contribution in [0.15, 0.2) is 36.5 Å². The minimum absolute atomic E-state index is 0.237. The number of aliphatic hydroxyl groups excluding tert-OH is 11. The van der Waals surface area contributed by atoms with Crippen LogP contribution in [0.4, 0.5) is 0 Å². The first-order chi connectivity index (χ1) is 43.8. The van der Waals surface area contributed by atoms with Crippen LogP contribution in [0.2, 0.25) is 0 Å². The zero-order valence-corrected chi connectivity index (χ0v) is 55.9. The van der Waals surface area contributed by atoms with Gasteiger partial charge in [0, 0.05) is 6.42 Å². The highest BCUT2D eigenvalue weighted by molar-refractivity contribution is 5.76. The van der Waals surface area contributed by atoms with Gasteiger partial charge in [-0.2, -0.15) is 0 Å². The van der Waals surface area contributed by atoms with Gasteiger partial charge in [0.2, 0.25) is 5.91 Å². The maximum absolute atomic E-state index is 13.4. The molecule has 12 N–H and O–H groups in total. The number of hydrogen-bond acceptors (Lipinski definition) is 18. The summed E-state index contributed by atoms with van der Waals surface area (Å²) in [7, 11) is 0. The average Bonchev–Trinajstić information content (AvgIpc) is 0.847. The van der Waals surface area contributed by atoms with E-state index >= 15 is 0 Å². The number of ether oxygens (including phenoxy) is 6. The molecule has 0 saturated carbocycles. The Hall–Kier alpha value is -1.99. The Labute approximate surface area is 542 Å². The molecule has 0 spiro atoms. The molecule has 0 radical (unpaired) electrons. The molecule has 19 heteroatoms. The number of allylic oxidation sites excluding steroid dienone is 5. The van der Waals surface area contributed by atoms with Crippen molar-refractivity contribution in [1.29, 1.82) is 0 Å². The number of hydrogen-bond donors (Lipinski definition) is 12. The molecular weight excluding hydrogens is 1150 g/mol. The number of nitrogens with one attached hydrogen (secondary N) is 1. The zero-order valence-electron chi connectivity index (χ0n) is 55.9. The Kier molecular flexibility index (Phi) is 48.6. The van der Waals surface area contributed by atoms with Gasteiger partial charge in [0.15, 0.2) is 18.9 Å². The lowest BCUT2D eigenvalue weighted by Crippen LogP contribution is -2.66. The van der Waals surface area contributed by atoms with E-state index in [9.17, 15) is 61.0 Å². The van der Waals surface area contributed by atoms with E-state index in [0.717, 1.165) is 38.5 Å². The maximum atomic E-state index is 13.4. The van der Waals surface area contributed by atoms with Crippen molar-refractivity contribution < 1.29 is 89.4 Å². The normalized spacial score (nSPS) is 28.2. The van der Waals surface area contributed by atoms with Crippen molar-refractivity contribution in [3.63, 3.8) is 0 Å². The molecule has 3 saturated heterocycles. The summed E-state index contributed by atoms with van der Waals surface area (Å²) in [6, 6.07) is -0.990. The molecule has 0 bridgehead atoms. The van der Waals surface area contributed by atoms with E-state index in [-0.39, 0.29) is 18.9 Å². The highest BCUT2D eigenvalue weighted by atomic mass is 16.8. The van der Waals surface area contributed by atoms with E-state index < -0.39 is 124 Å². The van der Waals surface area contributed by atoms with Crippen molar-refractivity contribution in [1.82, 2.24) is 5.32 Å². The van der Waals surface area contributed by atoms with E-state index in [0.29, 0.717) is 12.8 Å². The van der Waals surface area contributed by atoms with Crippen molar-refractivity contribution in [2.24, 2.45) is 0 Å². The van der Waals surface area contributed by atoms with Crippen LogP contribution in [0.1, 0.15) is 277 Å². The molecule has 3 aliphatic rings. The van der Waals surface area contributed by atoms with Gasteiger partial charge in [0.25, 0.3) is 0 Å². The minimum atomic E-state index is -1.98. The Balaban J connectivity index is 1.43. The predicted octanol–water partition coefficient (Wildman–Crippen LogP) is 10.00. The molecule has 0 aromatic heterocycles. The summed E-state index contributed by atoms with van der Waals surface area (Å²) in [6.07, 6.45) is 35.5. The number of unbranched alkanes of at least 4 members (excludes halogenated alkanes) is 36. The second-order valence-corrected chi connectivity index (χ2v) is 26.0. The molecule has 3 rings (SSSR count). The molecule has 0 aliphatic carbocycles. The van der Waals surface area contributed by atoms with Crippen LogP contribution in [0.3, 0.4) is 0 Å². The van der Waals surface area contributed by atoms with Gasteiger partial charge in [-0.15, -0.1) is 0 Å². The fraction of sp³-hybridized carbons (Fsp3) is 0.901. The first kappa shape index (κ1) is 82.2. The summed E-state index contributed by atoms with van der Waals surface area (Å²) < 4.78 is 34.4. The molecule has 0 aromatic rings. The van der Waals surface area contributed by atoms with E-state index in [1.807, 2.05) is 6.08 Å². The average molecular weight is 1290 g/mol. The standard InChI is InChI=1S/C71H131NO18/c1-3-5-7-9-11-13-15-17-19-21-23-25-26-27-28-29-31-33-35-37-39-41-43-45-47-49-59(77)72-54(55(76)48-46-44-42-40-38-36-34-32-30-24-22-20-18-16-14-12-10-8-6-4-2)53-85-69-65(83)62(80)67(57(51-74)87-69)90-71-66(84)63(81)68(58(52-75)88-71)89-70-64(82)61(79)60(78)56(50-73)86-70/h21,23,38,40,46,48,54-58,60-71,73-76,78-84H,3-20,22,24-37,39,41-45,47,49-53H2,1-2H3,(H,72,77)/b23-21-,40-38+,48-46+. The first-order valence-corrected chi connectivity index (χ1v) is 36.2. The van der Waals surface area contributed by atoms with Gasteiger partial charge < -0.3 is 89.9 Å². The maximum Gasteiger partial charge on any atom is 0.220 e. The fourth-order valence-corrected chi connectivity index (χ4v) is 12.3. The van der Waals surface area contributed by atoms with Crippen molar-refractivity contribution in [2.45, 2.75) is 381 Å². The monoisotopic (exact) mass is 1290 g/mol.